The fourth-order valence-electron chi connectivity index (χ4n) is 2.39. The molecule has 0 saturated carbocycles. The monoisotopic (exact) mass is 261 g/mol. The minimum Gasteiger partial charge on any atom is -0.369 e. The Morgan fingerprint density at radius 1 is 1.32 bits per heavy atom. The Morgan fingerprint density at radius 3 is 2.63 bits per heavy atom. The Hall–Kier alpha value is -1.55. The lowest BCUT2D eigenvalue weighted by molar-refractivity contribution is -0.127. The van der Waals surface area contributed by atoms with Crippen LogP contribution in [-0.4, -0.2) is 51.1 Å². The molecule has 1 N–H and O–H groups in total. The van der Waals surface area contributed by atoms with Crippen LogP contribution in [0.25, 0.3) is 0 Å². The number of anilines is 1. The van der Waals surface area contributed by atoms with Crippen molar-refractivity contribution in [2.24, 2.45) is 0 Å². The second kappa shape index (κ2) is 6.06. The summed E-state index contributed by atoms with van der Waals surface area (Å²) in [6, 6.07) is 6.42. The van der Waals surface area contributed by atoms with Gasteiger partial charge in [-0.15, -0.1) is 0 Å². The van der Waals surface area contributed by atoms with Crippen LogP contribution in [0, 0.1) is 6.92 Å². The molecule has 1 saturated heterocycles. The van der Waals surface area contributed by atoms with E-state index in [1.807, 2.05) is 14.1 Å². The van der Waals surface area contributed by atoms with E-state index < -0.39 is 0 Å². The number of nitrogens with zero attached hydrogens (tertiary/aromatic N) is 2. The second-order valence-electron chi connectivity index (χ2n) is 5.33. The summed E-state index contributed by atoms with van der Waals surface area (Å²) in [5.74, 6) is 0.155. The van der Waals surface area contributed by atoms with Gasteiger partial charge in [0.15, 0.2) is 0 Å². The average Bonchev–Trinajstić information content (AvgIpc) is 2.39. The predicted molar refractivity (Wildman–Crippen MR) is 78.7 cm³/mol. The van der Waals surface area contributed by atoms with E-state index in [9.17, 15) is 4.79 Å². The summed E-state index contributed by atoms with van der Waals surface area (Å²) >= 11 is 0. The third-order valence-electron chi connectivity index (χ3n) is 3.53. The summed E-state index contributed by atoms with van der Waals surface area (Å²) in [4.78, 5) is 16.0. The van der Waals surface area contributed by atoms with Crippen molar-refractivity contribution in [3.63, 3.8) is 0 Å². The molecule has 0 spiro atoms. The molecule has 0 aromatic heterocycles. The van der Waals surface area contributed by atoms with Gasteiger partial charge in [-0.3, -0.25) is 4.79 Å². The molecule has 0 atom stereocenters. The summed E-state index contributed by atoms with van der Waals surface area (Å²) in [6.07, 6.45) is 0.480. The Morgan fingerprint density at radius 2 is 2.00 bits per heavy atom. The van der Waals surface area contributed by atoms with Gasteiger partial charge >= 0.3 is 0 Å². The molecule has 0 bridgehead atoms. The zero-order valence-electron chi connectivity index (χ0n) is 12.1. The van der Waals surface area contributed by atoms with Gasteiger partial charge in [0.2, 0.25) is 5.91 Å². The molecule has 1 aliphatic heterocycles. The van der Waals surface area contributed by atoms with Gasteiger partial charge in [0.25, 0.3) is 0 Å². The first-order valence-electron chi connectivity index (χ1n) is 6.83. The maximum Gasteiger partial charge on any atom is 0.226 e. The van der Waals surface area contributed by atoms with Crippen molar-refractivity contribution in [2.75, 3.05) is 45.2 Å². The number of amides is 1. The molecule has 0 unspecified atom stereocenters. The van der Waals surface area contributed by atoms with Crippen molar-refractivity contribution in [1.29, 1.82) is 0 Å². The molecule has 1 aliphatic rings. The van der Waals surface area contributed by atoms with Gasteiger partial charge in [0.1, 0.15) is 0 Å². The smallest absolute Gasteiger partial charge is 0.226 e. The molecule has 1 fully saturated rings. The SMILES string of the molecule is Cc1ccc(N2CCNCC2)c(CC(=O)N(C)C)c1. The highest BCUT2D eigenvalue weighted by molar-refractivity contribution is 5.80. The number of carbonyl (C=O) groups is 1. The number of piperazine rings is 1. The van der Waals surface area contributed by atoms with Crippen LogP contribution in [0.1, 0.15) is 11.1 Å². The third-order valence-corrected chi connectivity index (χ3v) is 3.53. The molecule has 0 aliphatic carbocycles. The van der Waals surface area contributed by atoms with Crippen LogP contribution < -0.4 is 10.2 Å². The van der Waals surface area contributed by atoms with Crippen molar-refractivity contribution in [3.8, 4) is 0 Å². The van der Waals surface area contributed by atoms with E-state index in [1.54, 1.807) is 4.90 Å². The molecule has 1 aromatic carbocycles. The van der Waals surface area contributed by atoms with E-state index in [0.717, 1.165) is 31.7 Å². The summed E-state index contributed by atoms with van der Waals surface area (Å²) < 4.78 is 0. The molecule has 1 heterocycles. The number of hydrogen-bond acceptors (Lipinski definition) is 3. The molecule has 4 nitrogen and oxygen atoms in total. The quantitative estimate of drug-likeness (QED) is 0.883. The van der Waals surface area contributed by atoms with E-state index in [0.29, 0.717) is 6.42 Å². The summed E-state index contributed by atoms with van der Waals surface area (Å²) in [7, 11) is 3.62. The Bertz CT molecular complexity index is 451. The van der Waals surface area contributed by atoms with E-state index in [-0.39, 0.29) is 5.91 Å². The van der Waals surface area contributed by atoms with Gasteiger partial charge in [-0.05, 0) is 18.6 Å². The van der Waals surface area contributed by atoms with Crippen molar-refractivity contribution in [2.45, 2.75) is 13.3 Å². The zero-order chi connectivity index (χ0) is 13.8. The minimum atomic E-state index is 0.155. The first kappa shape index (κ1) is 13.9. The van der Waals surface area contributed by atoms with Crippen LogP contribution in [0.4, 0.5) is 5.69 Å². The van der Waals surface area contributed by atoms with Gasteiger partial charge in [-0.25, -0.2) is 0 Å². The van der Waals surface area contributed by atoms with Crippen LogP contribution in [0.3, 0.4) is 0 Å². The second-order valence-corrected chi connectivity index (χ2v) is 5.33. The summed E-state index contributed by atoms with van der Waals surface area (Å²) in [5.41, 5.74) is 3.56. The first-order chi connectivity index (χ1) is 9.08. The van der Waals surface area contributed by atoms with Gasteiger partial charge in [0.05, 0.1) is 6.42 Å². The lowest BCUT2D eigenvalue weighted by Crippen LogP contribution is -2.44. The molecule has 1 amide bonds. The van der Waals surface area contributed by atoms with Crippen molar-refractivity contribution in [3.05, 3.63) is 29.3 Å². The van der Waals surface area contributed by atoms with Crippen LogP contribution in [0.15, 0.2) is 18.2 Å². The third kappa shape index (κ3) is 3.47. The van der Waals surface area contributed by atoms with E-state index in [2.05, 4.69) is 35.3 Å². The van der Waals surface area contributed by atoms with Crippen molar-refractivity contribution >= 4 is 11.6 Å². The van der Waals surface area contributed by atoms with E-state index in [4.69, 9.17) is 0 Å². The van der Waals surface area contributed by atoms with Gasteiger partial charge in [-0.1, -0.05) is 17.7 Å². The van der Waals surface area contributed by atoms with Crippen molar-refractivity contribution < 1.29 is 4.79 Å². The number of likely N-dealkylation sites (N-methyl/N-ethyl adjacent to an activating group) is 1. The van der Waals surface area contributed by atoms with E-state index >= 15 is 0 Å². The van der Waals surface area contributed by atoms with Crippen LogP contribution in [-0.2, 0) is 11.2 Å². The normalized spacial score (nSPS) is 15.4. The number of aryl methyl sites for hydroxylation is 1. The Balaban J connectivity index is 2.24. The molecule has 104 valence electrons. The van der Waals surface area contributed by atoms with Crippen LogP contribution in [0.2, 0.25) is 0 Å². The molecule has 4 heteroatoms. The van der Waals surface area contributed by atoms with Gasteiger partial charge in [-0.2, -0.15) is 0 Å². The number of nitrogens with one attached hydrogen (secondary N) is 1. The zero-order valence-corrected chi connectivity index (χ0v) is 12.1. The average molecular weight is 261 g/mol. The molecular formula is C15H23N3O. The fourth-order valence-corrected chi connectivity index (χ4v) is 2.39. The lowest BCUT2D eigenvalue weighted by Gasteiger charge is -2.31. The summed E-state index contributed by atoms with van der Waals surface area (Å²) in [6.45, 7) is 6.10. The Kier molecular flexibility index (Phi) is 4.43. The molecule has 2 rings (SSSR count). The number of hydrogen-bond donors (Lipinski definition) is 1. The van der Waals surface area contributed by atoms with Crippen molar-refractivity contribution in [1.82, 2.24) is 10.2 Å². The maximum absolute atomic E-state index is 12.0. The van der Waals surface area contributed by atoms with Gasteiger partial charge < -0.3 is 15.1 Å². The standard InChI is InChI=1S/C15H23N3O/c1-12-4-5-14(18-8-6-16-7-9-18)13(10-12)11-15(19)17(2)3/h4-5,10,16H,6-9,11H2,1-3H3. The maximum atomic E-state index is 12.0. The molecule has 1 aromatic rings. The molecule has 19 heavy (non-hydrogen) atoms. The minimum absolute atomic E-state index is 0.155. The fraction of sp³-hybridized carbons (Fsp3) is 0.533. The largest absolute Gasteiger partial charge is 0.369 e. The van der Waals surface area contributed by atoms with Crippen LogP contribution >= 0.6 is 0 Å². The number of benzene rings is 1. The lowest BCUT2D eigenvalue weighted by atomic mass is 10.0. The predicted octanol–water partition coefficient (Wildman–Crippen LogP) is 1.04. The summed E-state index contributed by atoms with van der Waals surface area (Å²) in [5, 5.41) is 3.36. The van der Waals surface area contributed by atoms with E-state index in [1.165, 1.54) is 11.3 Å². The Labute approximate surface area is 115 Å². The molecule has 0 radical (unpaired) electrons. The van der Waals surface area contributed by atoms with Gasteiger partial charge in [0, 0.05) is 46.0 Å². The topological polar surface area (TPSA) is 35.6 Å². The number of rotatable bonds is 3. The highest BCUT2D eigenvalue weighted by Gasteiger charge is 2.16. The van der Waals surface area contributed by atoms with Crippen LogP contribution in [0.5, 0.6) is 0 Å². The highest BCUT2D eigenvalue weighted by Crippen LogP contribution is 2.23. The number of carbonyl (C=O) groups excluding carboxylic acids is 1. The molecular weight excluding hydrogens is 238 g/mol. The highest BCUT2D eigenvalue weighted by atomic mass is 16.2. The first-order valence-corrected chi connectivity index (χ1v) is 6.83.